The van der Waals surface area contributed by atoms with Crippen LogP contribution in [-0.4, -0.2) is 81.2 Å². The Kier molecular flexibility index (Phi) is 37.0. The number of hydrogen-bond donors (Lipinski definition) is 1. The van der Waals surface area contributed by atoms with E-state index in [1.807, 2.05) is 63.7 Å². The lowest BCUT2D eigenvalue weighted by molar-refractivity contribution is -0.870. The Balaban J connectivity index is 4.56. The van der Waals surface area contributed by atoms with Gasteiger partial charge in [0.2, 0.25) is 0 Å². The van der Waals surface area contributed by atoms with Crippen molar-refractivity contribution < 1.29 is 47.2 Å². The fraction of sp³-hybridized carbons (Fsp3) is 0.625. The van der Waals surface area contributed by atoms with Crippen LogP contribution in [0.1, 0.15) is 136 Å². The van der Waals surface area contributed by atoms with Gasteiger partial charge in [0.25, 0.3) is 7.82 Å². The number of likely N-dealkylation sites (N-methyl/N-ethyl adjacent to an activating group) is 1. The van der Waals surface area contributed by atoms with Crippen molar-refractivity contribution >= 4 is 19.8 Å². The van der Waals surface area contributed by atoms with Gasteiger partial charge in [-0.2, -0.15) is 0 Å². The second-order valence-electron chi connectivity index (χ2n) is 15.5. The summed E-state index contributed by atoms with van der Waals surface area (Å²) in [6.07, 6.45) is 47.8. The molecule has 0 saturated heterocycles. The Labute approximate surface area is 358 Å². The number of aliphatic hydroxyl groups excluding tert-OH is 1. The van der Waals surface area contributed by atoms with E-state index in [1.165, 1.54) is 19.3 Å². The molecule has 1 N–H and O–H groups in total. The number of quaternary nitrogens is 1. The van der Waals surface area contributed by atoms with Gasteiger partial charge in [0.15, 0.2) is 6.10 Å². The van der Waals surface area contributed by atoms with Crippen molar-refractivity contribution in [3.05, 3.63) is 97.2 Å². The average molecular weight is 846 g/mol. The molecule has 0 fully saturated rings. The molecule has 0 heterocycles. The van der Waals surface area contributed by atoms with Crippen LogP contribution >= 0.6 is 7.82 Å². The van der Waals surface area contributed by atoms with E-state index in [1.54, 1.807) is 6.08 Å². The molecule has 0 aliphatic heterocycles. The summed E-state index contributed by atoms with van der Waals surface area (Å²) in [5.41, 5.74) is 0. The molecule has 0 radical (unpaired) electrons. The van der Waals surface area contributed by atoms with E-state index in [0.29, 0.717) is 30.3 Å². The Morgan fingerprint density at radius 3 is 1.85 bits per heavy atom. The molecule has 0 amide bonds. The molecular formula is C48H80NO9P. The number of allylic oxidation sites excluding steroid dienone is 14. The van der Waals surface area contributed by atoms with E-state index in [9.17, 15) is 24.2 Å². The molecule has 0 aliphatic rings. The van der Waals surface area contributed by atoms with E-state index in [4.69, 9.17) is 18.5 Å². The number of unbranched alkanes of at least 4 members (excludes halogenated alkanes) is 8. The lowest BCUT2D eigenvalue weighted by Gasteiger charge is -2.28. The number of carbonyl (C=O) groups is 2. The van der Waals surface area contributed by atoms with Gasteiger partial charge in [0.1, 0.15) is 19.8 Å². The first-order valence-corrected chi connectivity index (χ1v) is 23.5. The van der Waals surface area contributed by atoms with Crippen LogP contribution in [0.2, 0.25) is 0 Å². The van der Waals surface area contributed by atoms with Gasteiger partial charge in [-0.15, -0.1) is 0 Å². The number of nitrogens with zero attached hydrogens (tertiary/aromatic N) is 1. The van der Waals surface area contributed by atoms with E-state index in [2.05, 4.69) is 62.5 Å². The van der Waals surface area contributed by atoms with Gasteiger partial charge >= 0.3 is 11.9 Å². The standard InChI is InChI=1S/C48H80NO9P/c1-6-8-10-11-12-13-14-15-16-19-23-26-29-32-36-40-48(52)58-46(44-57-59(53,54)56-42-41-49(3,4)5)43-55-47(51)39-35-31-28-25-22-20-17-18-21-24-27-30-34-38-45(50)37-33-9-7-2/h9,12-13,15-16,18,20-22,27-28,30-31,33-34,38,45-46,50H,6-8,10-11,14,17,19,23-26,29,32,35-37,39-44H2,1-5H3/b13-12-,16-15-,21-18-,22-20-,30-27+,31-28-,33-9-,38-34+/t45?,46-/m1/s1. The van der Waals surface area contributed by atoms with Gasteiger partial charge in [-0.3, -0.25) is 14.2 Å². The molecule has 0 spiro atoms. The number of phosphoric ester groups is 1. The second-order valence-corrected chi connectivity index (χ2v) is 16.9. The minimum Gasteiger partial charge on any atom is -0.756 e. The molecular weight excluding hydrogens is 765 g/mol. The van der Waals surface area contributed by atoms with Crippen molar-refractivity contribution in [2.75, 3.05) is 47.5 Å². The van der Waals surface area contributed by atoms with Crippen LogP contribution in [0.3, 0.4) is 0 Å². The van der Waals surface area contributed by atoms with Crippen molar-refractivity contribution in [2.24, 2.45) is 0 Å². The van der Waals surface area contributed by atoms with Crippen LogP contribution in [-0.2, 0) is 32.7 Å². The van der Waals surface area contributed by atoms with E-state index in [-0.39, 0.29) is 26.1 Å². The number of rotatable bonds is 38. The van der Waals surface area contributed by atoms with Gasteiger partial charge in [0.05, 0.1) is 33.9 Å². The predicted octanol–water partition coefficient (Wildman–Crippen LogP) is 10.9. The van der Waals surface area contributed by atoms with Crippen LogP contribution in [0.25, 0.3) is 0 Å². The quantitative estimate of drug-likeness (QED) is 0.0161. The highest BCUT2D eigenvalue weighted by Gasteiger charge is 2.21. The fourth-order valence-electron chi connectivity index (χ4n) is 5.20. The maximum absolute atomic E-state index is 12.7. The van der Waals surface area contributed by atoms with Gasteiger partial charge in [-0.05, 0) is 77.0 Å². The third-order valence-corrected chi connectivity index (χ3v) is 9.65. The molecule has 336 valence electrons. The Morgan fingerprint density at radius 2 is 1.22 bits per heavy atom. The molecule has 3 atom stereocenters. The zero-order valence-electron chi connectivity index (χ0n) is 37.3. The molecule has 0 aromatic heterocycles. The molecule has 11 heteroatoms. The topological polar surface area (TPSA) is 131 Å². The summed E-state index contributed by atoms with van der Waals surface area (Å²) in [6.45, 7) is 3.85. The number of carbonyl (C=O) groups excluding carboxylic acids is 2. The third-order valence-electron chi connectivity index (χ3n) is 8.68. The minimum absolute atomic E-state index is 0.0570. The molecule has 0 aliphatic carbocycles. The molecule has 0 rings (SSSR count). The maximum Gasteiger partial charge on any atom is 0.306 e. The molecule has 2 unspecified atom stereocenters. The first-order chi connectivity index (χ1) is 28.4. The normalized spacial score (nSPS) is 15.0. The SMILES string of the molecule is CC/C=C\CC(O)/C=C/C=C/C/C=C\C/C=C\C/C=C\CCC(=O)OC[C@H](COP(=O)([O-])OCC[N+](C)(C)C)OC(=O)CCCCCCC/C=C\C/C=C\CCCCC. The van der Waals surface area contributed by atoms with Crippen LogP contribution < -0.4 is 4.89 Å². The smallest absolute Gasteiger partial charge is 0.306 e. The maximum atomic E-state index is 12.7. The van der Waals surface area contributed by atoms with Crippen molar-refractivity contribution in [1.82, 2.24) is 0 Å². The number of esters is 2. The Hall–Kier alpha value is -3.11. The zero-order valence-corrected chi connectivity index (χ0v) is 38.2. The van der Waals surface area contributed by atoms with E-state index in [0.717, 1.165) is 70.6 Å². The van der Waals surface area contributed by atoms with Gasteiger partial charge in [0, 0.05) is 12.8 Å². The second kappa shape index (κ2) is 39.1. The minimum atomic E-state index is -4.66. The fourth-order valence-corrected chi connectivity index (χ4v) is 5.93. The summed E-state index contributed by atoms with van der Waals surface area (Å²) in [6, 6.07) is 0. The van der Waals surface area contributed by atoms with E-state index >= 15 is 0 Å². The first-order valence-electron chi connectivity index (χ1n) is 22.1. The largest absolute Gasteiger partial charge is 0.756 e. The number of aliphatic hydroxyl groups is 1. The summed E-state index contributed by atoms with van der Waals surface area (Å²) in [4.78, 5) is 37.5. The van der Waals surface area contributed by atoms with Gasteiger partial charge < -0.3 is 33.0 Å². The lowest BCUT2D eigenvalue weighted by Crippen LogP contribution is -2.37. The number of phosphoric acid groups is 1. The highest BCUT2D eigenvalue weighted by atomic mass is 31.2. The zero-order chi connectivity index (χ0) is 43.7. The number of hydrogen-bond acceptors (Lipinski definition) is 9. The van der Waals surface area contributed by atoms with Crippen LogP contribution in [0, 0.1) is 0 Å². The molecule has 0 saturated carbocycles. The summed E-state index contributed by atoms with van der Waals surface area (Å²) in [5.74, 6) is -0.981. The molecule has 10 nitrogen and oxygen atoms in total. The summed E-state index contributed by atoms with van der Waals surface area (Å²) in [7, 11) is 1.08. The van der Waals surface area contributed by atoms with Crippen LogP contribution in [0.5, 0.6) is 0 Å². The van der Waals surface area contributed by atoms with Gasteiger partial charge in [-0.25, -0.2) is 0 Å². The predicted molar refractivity (Wildman–Crippen MR) is 241 cm³/mol. The monoisotopic (exact) mass is 846 g/mol. The molecule has 59 heavy (non-hydrogen) atoms. The summed E-state index contributed by atoms with van der Waals surface area (Å²) >= 11 is 0. The van der Waals surface area contributed by atoms with E-state index < -0.39 is 38.6 Å². The van der Waals surface area contributed by atoms with Crippen molar-refractivity contribution in [1.29, 1.82) is 0 Å². The van der Waals surface area contributed by atoms with Crippen LogP contribution in [0.4, 0.5) is 0 Å². The van der Waals surface area contributed by atoms with Crippen LogP contribution in [0.15, 0.2) is 97.2 Å². The molecule has 0 aromatic rings. The summed E-state index contributed by atoms with van der Waals surface area (Å²) < 4.78 is 33.8. The highest BCUT2D eigenvalue weighted by Crippen LogP contribution is 2.38. The van der Waals surface area contributed by atoms with Crippen molar-refractivity contribution in [3.63, 3.8) is 0 Å². The average Bonchev–Trinajstić information content (AvgIpc) is 3.18. The molecule has 0 bridgehead atoms. The molecule has 0 aromatic carbocycles. The number of ether oxygens (including phenoxy) is 2. The van der Waals surface area contributed by atoms with Crippen molar-refractivity contribution in [3.8, 4) is 0 Å². The third kappa shape index (κ3) is 42.8. The first kappa shape index (κ1) is 55.9. The Bertz CT molecular complexity index is 1340. The van der Waals surface area contributed by atoms with Crippen molar-refractivity contribution in [2.45, 2.75) is 148 Å². The summed E-state index contributed by atoms with van der Waals surface area (Å²) in [5, 5.41) is 9.84. The Morgan fingerprint density at radius 1 is 0.644 bits per heavy atom. The van der Waals surface area contributed by atoms with Gasteiger partial charge in [-0.1, -0.05) is 143 Å². The lowest BCUT2D eigenvalue weighted by atomic mass is 10.1. The highest BCUT2D eigenvalue weighted by molar-refractivity contribution is 7.45.